The molecule has 2 aliphatic heterocycles. The number of rotatable bonds is 3. The lowest BCUT2D eigenvalue weighted by atomic mass is 9.74. The average molecular weight is 305 g/mol. The van der Waals surface area contributed by atoms with Gasteiger partial charge in [-0.15, -0.1) is 0 Å². The van der Waals surface area contributed by atoms with Crippen LogP contribution in [0.4, 0.5) is 0 Å². The smallest absolute Gasteiger partial charge is 0.311 e. The molecule has 0 aromatic carbocycles. The first-order chi connectivity index (χ1) is 10.5. The van der Waals surface area contributed by atoms with E-state index in [2.05, 4.69) is 5.10 Å². The summed E-state index contributed by atoms with van der Waals surface area (Å²) < 4.78 is 7.06. The summed E-state index contributed by atoms with van der Waals surface area (Å²) in [7, 11) is 1.80. The molecule has 7 heteroatoms. The quantitative estimate of drug-likeness (QED) is 0.816. The van der Waals surface area contributed by atoms with Crippen molar-refractivity contribution in [2.24, 2.45) is 18.4 Å². The van der Waals surface area contributed by atoms with Crippen molar-refractivity contribution >= 4 is 18.0 Å². The first kappa shape index (κ1) is 14.8. The van der Waals surface area contributed by atoms with Crippen LogP contribution in [-0.2, 0) is 21.4 Å². The monoisotopic (exact) mass is 305 g/mol. The largest absolute Gasteiger partial charge is 0.481 e. The minimum absolute atomic E-state index is 0.132. The lowest BCUT2D eigenvalue weighted by molar-refractivity contribution is -0.157. The highest BCUT2D eigenvalue weighted by Gasteiger charge is 2.54. The van der Waals surface area contributed by atoms with Gasteiger partial charge < -0.3 is 14.7 Å². The molecule has 118 valence electrons. The van der Waals surface area contributed by atoms with Gasteiger partial charge in [-0.3, -0.25) is 14.3 Å². The lowest BCUT2D eigenvalue weighted by Crippen LogP contribution is -2.45. The van der Waals surface area contributed by atoms with E-state index in [1.54, 1.807) is 35.0 Å². The number of carbonyl (C=O) groups excluding carboxylic acids is 1. The van der Waals surface area contributed by atoms with E-state index in [1.807, 2.05) is 0 Å². The third-order valence-electron chi connectivity index (χ3n) is 4.70. The predicted molar refractivity (Wildman–Crippen MR) is 77.8 cm³/mol. The zero-order valence-electron chi connectivity index (χ0n) is 12.4. The highest BCUT2D eigenvalue weighted by Crippen LogP contribution is 2.42. The van der Waals surface area contributed by atoms with Crippen LogP contribution in [0.15, 0.2) is 18.3 Å². The first-order valence-electron chi connectivity index (χ1n) is 7.29. The molecule has 0 unspecified atom stereocenters. The number of aliphatic carboxylic acids is 1. The number of ether oxygens (including phenoxy) is 1. The first-order valence-corrected chi connectivity index (χ1v) is 7.29. The van der Waals surface area contributed by atoms with Crippen LogP contribution in [0.1, 0.15) is 12.1 Å². The Kier molecular flexibility index (Phi) is 3.74. The molecule has 22 heavy (non-hydrogen) atoms. The van der Waals surface area contributed by atoms with Crippen molar-refractivity contribution in [1.82, 2.24) is 14.7 Å². The van der Waals surface area contributed by atoms with Crippen molar-refractivity contribution < 1.29 is 19.4 Å². The fourth-order valence-electron chi connectivity index (χ4n) is 3.28. The normalized spacial score (nSPS) is 28.0. The van der Waals surface area contributed by atoms with Gasteiger partial charge in [0.25, 0.3) is 0 Å². The number of fused-ring (bicyclic) bond motifs is 1. The Hall–Kier alpha value is -2.15. The molecule has 2 saturated heterocycles. The molecule has 3 heterocycles. The number of aryl methyl sites for hydroxylation is 1. The van der Waals surface area contributed by atoms with Crippen LogP contribution in [0.2, 0.25) is 0 Å². The number of carboxylic acids is 1. The SMILES string of the molecule is Cn1nccc1/C=C/C(=O)N1C[C@H]2COCC[C@@]2(C(=O)O)C1. The fraction of sp³-hybridized carbons (Fsp3) is 0.533. The molecule has 0 radical (unpaired) electrons. The summed E-state index contributed by atoms with van der Waals surface area (Å²) in [5.41, 5.74) is -0.0323. The van der Waals surface area contributed by atoms with Crippen molar-refractivity contribution in [1.29, 1.82) is 0 Å². The molecule has 7 nitrogen and oxygen atoms in total. The third kappa shape index (κ3) is 2.41. The van der Waals surface area contributed by atoms with Gasteiger partial charge in [-0.05, 0) is 18.6 Å². The number of hydrogen-bond donors (Lipinski definition) is 1. The maximum Gasteiger partial charge on any atom is 0.311 e. The second-order valence-corrected chi connectivity index (χ2v) is 5.91. The number of amides is 1. The summed E-state index contributed by atoms with van der Waals surface area (Å²) in [6.45, 7) is 1.53. The van der Waals surface area contributed by atoms with Gasteiger partial charge in [0.1, 0.15) is 0 Å². The minimum Gasteiger partial charge on any atom is -0.481 e. The Labute approximate surface area is 128 Å². The van der Waals surface area contributed by atoms with Gasteiger partial charge >= 0.3 is 5.97 Å². The van der Waals surface area contributed by atoms with Crippen LogP contribution >= 0.6 is 0 Å². The second kappa shape index (κ2) is 5.57. The molecular weight excluding hydrogens is 286 g/mol. The predicted octanol–water partition coefficient (Wildman–Crippen LogP) is 0.383. The maximum absolute atomic E-state index is 12.3. The Morgan fingerprint density at radius 1 is 1.55 bits per heavy atom. The van der Waals surface area contributed by atoms with Crippen molar-refractivity contribution in [3.8, 4) is 0 Å². The summed E-state index contributed by atoms with van der Waals surface area (Å²) in [5, 5.41) is 13.6. The van der Waals surface area contributed by atoms with Gasteiger partial charge in [-0.2, -0.15) is 5.10 Å². The van der Waals surface area contributed by atoms with E-state index in [0.29, 0.717) is 26.2 Å². The molecule has 2 atom stereocenters. The van der Waals surface area contributed by atoms with Crippen LogP contribution in [-0.4, -0.2) is 58.0 Å². The molecule has 1 aromatic heterocycles. The van der Waals surface area contributed by atoms with E-state index in [-0.39, 0.29) is 18.4 Å². The number of hydrogen-bond acceptors (Lipinski definition) is 4. The topological polar surface area (TPSA) is 84.7 Å². The highest BCUT2D eigenvalue weighted by atomic mass is 16.5. The molecular formula is C15H19N3O4. The Morgan fingerprint density at radius 2 is 2.36 bits per heavy atom. The standard InChI is InChI=1S/C15H19N3O4/c1-17-12(4-6-16-17)2-3-13(19)18-8-11-9-22-7-5-15(11,10-18)14(20)21/h2-4,6,11H,5,7-10H2,1H3,(H,20,21)/b3-2+/t11-,15+/m0/s1. The van der Waals surface area contributed by atoms with Crippen LogP contribution in [0, 0.1) is 11.3 Å². The number of aromatic nitrogens is 2. The zero-order valence-corrected chi connectivity index (χ0v) is 12.4. The van der Waals surface area contributed by atoms with Gasteiger partial charge in [0, 0.05) is 44.9 Å². The third-order valence-corrected chi connectivity index (χ3v) is 4.70. The molecule has 3 rings (SSSR count). The van der Waals surface area contributed by atoms with E-state index in [4.69, 9.17) is 4.74 Å². The van der Waals surface area contributed by atoms with Crippen molar-refractivity contribution in [3.63, 3.8) is 0 Å². The number of carbonyl (C=O) groups is 2. The Morgan fingerprint density at radius 3 is 3.00 bits per heavy atom. The molecule has 1 amide bonds. The molecule has 0 bridgehead atoms. The second-order valence-electron chi connectivity index (χ2n) is 5.91. The highest BCUT2D eigenvalue weighted by molar-refractivity contribution is 5.92. The van der Waals surface area contributed by atoms with Gasteiger partial charge in [0.15, 0.2) is 0 Å². The summed E-state index contributed by atoms with van der Waals surface area (Å²) >= 11 is 0. The van der Waals surface area contributed by atoms with E-state index in [1.165, 1.54) is 6.08 Å². The average Bonchev–Trinajstić information content (AvgIpc) is 3.09. The van der Waals surface area contributed by atoms with Crippen molar-refractivity contribution in [2.75, 3.05) is 26.3 Å². The molecule has 0 saturated carbocycles. The van der Waals surface area contributed by atoms with Gasteiger partial charge in [0.2, 0.25) is 5.91 Å². The Balaban J connectivity index is 1.73. The molecule has 0 aliphatic carbocycles. The summed E-state index contributed by atoms with van der Waals surface area (Å²) in [6.07, 6.45) is 5.29. The Bertz CT molecular complexity index is 624. The minimum atomic E-state index is -0.853. The summed E-state index contributed by atoms with van der Waals surface area (Å²) in [4.78, 5) is 25.6. The molecule has 1 N–H and O–H groups in total. The van der Waals surface area contributed by atoms with Crippen LogP contribution < -0.4 is 0 Å². The van der Waals surface area contributed by atoms with Crippen LogP contribution in [0.3, 0.4) is 0 Å². The molecule has 1 aromatic rings. The van der Waals surface area contributed by atoms with Crippen molar-refractivity contribution in [2.45, 2.75) is 6.42 Å². The van der Waals surface area contributed by atoms with Crippen molar-refractivity contribution in [3.05, 3.63) is 24.0 Å². The summed E-state index contributed by atoms with van der Waals surface area (Å²) in [6, 6.07) is 1.81. The summed E-state index contributed by atoms with van der Waals surface area (Å²) in [5.74, 6) is -1.13. The van der Waals surface area contributed by atoms with E-state index < -0.39 is 11.4 Å². The zero-order chi connectivity index (χ0) is 15.7. The number of nitrogens with zero attached hydrogens (tertiary/aromatic N) is 3. The fourth-order valence-corrected chi connectivity index (χ4v) is 3.28. The van der Waals surface area contributed by atoms with E-state index in [9.17, 15) is 14.7 Å². The molecule has 0 spiro atoms. The maximum atomic E-state index is 12.3. The van der Waals surface area contributed by atoms with Crippen LogP contribution in [0.25, 0.3) is 6.08 Å². The van der Waals surface area contributed by atoms with Gasteiger partial charge in [-0.25, -0.2) is 0 Å². The van der Waals surface area contributed by atoms with Gasteiger partial charge in [-0.1, -0.05) is 0 Å². The molecule has 2 aliphatic rings. The number of likely N-dealkylation sites (tertiary alicyclic amines) is 1. The van der Waals surface area contributed by atoms with Gasteiger partial charge in [0.05, 0.1) is 17.7 Å². The van der Waals surface area contributed by atoms with Crippen LogP contribution in [0.5, 0.6) is 0 Å². The van der Waals surface area contributed by atoms with E-state index >= 15 is 0 Å². The lowest BCUT2D eigenvalue weighted by Gasteiger charge is -2.33. The number of carboxylic acid groups (broad SMARTS) is 1. The van der Waals surface area contributed by atoms with E-state index in [0.717, 1.165) is 5.69 Å². The molecule has 2 fully saturated rings.